The number of aryl methyl sites for hydroxylation is 1. The molecule has 2 aromatic carbocycles. The lowest BCUT2D eigenvalue weighted by molar-refractivity contribution is 0.0982. The molecule has 0 atom stereocenters. The first-order valence-corrected chi connectivity index (χ1v) is 18.4. The molecule has 4 heterocycles. The van der Waals surface area contributed by atoms with Gasteiger partial charge in [-0.2, -0.15) is 4.98 Å². The van der Waals surface area contributed by atoms with E-state index in [1.807, 2.05) is 0 Å². The maximum Gasteiger partial charge on any atom is 0.232 e. The first kappa shape index (κ1) is 33.4. The summed E-state index contributed by atoms with van der Waals surface area (Å²) in [5.74, 6) is 2.44. The van der Waals surface area contributed by atoms with Crippen LogP contribution in [0, 0.1) is 6.92 Å². The molecule has 0 amide bonds. The Balaban J connectivity index is 1.21. The van der Waals surface area contributed by atoms with Crippen molar-refractivity contribution in [3.05, 3.63) is 40.5 Å². The first-order chi connectivity index (χ1) is 22.5. The van der Waals surface area contributed by atoms with Crippen molar-refractivity contribution < 1.29 is 22.6 Å². The van der Waals surface area contributed by atoms with Gasteiger partial charge in [-0.05, 0) is 54.4 Å². The summed E-state index contributed by atoms with van der Waals surface area (Å²) in [6.07, 6.45) is 5.08. The summed E-state index contributed by atoms with van der Waals surface area (Å²) in [5, 5.41) is 6.59. The molecule has 13 nitrogen and oxygen atoms in total. The Morgan fingerprint density at radius 1 is 0.979 bits per heavy atom. The Kier molecular flexibility index (Phi) is 9.88. The Morgan fingerprint density at radius 2 is 1.66 bits per heavy atom. The van der Waals surface area contributed by atoms with Crippen molar-refractivity contribution in [2.24, 2.45) is 0 Å². The predicted molar refractivity (Wildman–Crippen MR) is 189 cm³/mol. The molecule has 3 aliphatic heterocycles. The molecular weight excluding hydrogens is 688 g/mol. The molecule has 3 aliphatic rings. The van der Waals surface area contributed by atoms with E-state index in [4.69, 9.17) is 19.2 Å². The summed E-state index contributed by atoms with van der Waals surface area (Å²) in [7, 11) is 1.78. The second-order valence-electron chi connectivity index (χ2n) is 12.3. The molecule has 0 bridgehead atoms. The molecule has 0 unspecified atom stereocenters. The largest absolute Gasteiger partial charge is 0.494 e. The molecule has 3 aromatic rings. The van der Waals surface area contributed by atoms with Crippen LogP contribution in [-0.4, -0.2) is 114 Å². The Hall–Kier alpha value is -3.53. The van der Waals surface area contributed by atoms with Crippen molar-refractivity contribution in [2.75, 3.05) is 99.8 Å². The monoisotopic (exact) mass is 730 g/mol. The number of nitrogens with zero attached hydrogens (tertiary/aromatic N) is 6. The van der Waals surface area contributed by atoms with Crippen molar-refractivity contribution in [3.63, 3.8) is 0 Å². The summed E-state index contributed by atoms with van der Waals surface area (Å²) in [6.45, 7) is 9.50. The second kappa shape index (κ2) is 13.9. The van der Waals surface area contributed by atoms with E-state index < -0.39 is 10.0 Å². The molecule has 0 spiro atoms. The molecule has 15 heteroatoms. The smallest absolute Gasteiger partial charge is 0.232 e. The van der Waals surface area contributed by atoms with Gasteiger partial charge in [-0.1, -0.05) is 0 Å². The van der Waals surface area contributed by atoms with Gasteiger partial charge < -0.3 is 34.6 Å². The van der Waals surface area contributed by atoms with Crippen molar-refractivity contribution in [1.29, 1.82) is 0 Å². The molecule has 6 rings (SSSR count). The number of nitrogens with one attached hydrogen (secondary N) is 2. The molecule has 2 N–H and O–H groups in total. The lowest BCUT2D eigenvalue weighted by atomic mass is 10.0. The van der Waals surface area contributed by atoms with Gasteiger partial charge in [-0.25, -0.2) is 13.4 Å². The summed E-state index contributed by atoms with van der Waals surface area (Å²) in [6, 6.07) is 8.17. The Bertz CT molecular complexity index is 1710. The maximum absolute atomic E-state index is 12.5. The van der Waals surface area contributed by atoms with Gasteiger partial charge in [0, 0.05) is 82.4 Å². The zero-order valence-electron chi connectivity index (χ0n) is 27.5. The van der Waals surface area contributed by atoms with Gasteiger partial charge in [-0.3, -0.25) is 9.21 Å². The van der Waals surface area contributed by atoms with Gasteiger partial charge in [-0.15, -0.1) is 0 Å². The standard InChI is InChI=1S/C32H43BrN8O5S/c1-21-16-25(28(44-4)18-26(21)41-8-6-22(7-9-41)40-12-10-38(2)11-13-40)36-32-34-20-23(33)31(37-32)35-24-17-29-30(46-15-14-45-29)19-27(24)39(3)47(5,42)43/h16-20,22H,6-15H2,1-5H3,(H2,34,35,36,37). The zero-order chi connectivity index (χ0) is 33.3. The highest BCUT2D eigenvalue weighted by Gasteiger charge is 2.28. The van der Waals surface area contributed by atoms with Gasteiger partial charge in [0.2, 0.25) is 16.0 Å². The number of aromatic nitrogens is 2. The fourth-order valence-corrected chi connectivity index (χ4v) is 7.12. The van der Waals surface area contributed by atoms with Crippen LogP contribution in [0.25, 0.3) is 0 Å². The highest BCUT2D eigenvalue weighted by atomic mass is 79.9. The average Bonchev–Trinajstić information content (AvgIpc) is 3.06. The number of piperidine rings is 1. The number of fused-ring (bicyclic) bond motifs is 1. The van der Waals surface area contributed by atoms with Gasteiger partial charge in [0.25, 0.3) is 0 Å². The molecule has 0 aliphatic carbocycles. The van der Waals surface area contributed by atoms with Crippen LogP contribution in [0.4, 0.5) is 34.5 Å². The van der Waals surface area contributed by atoms with Gasteiger partial charge in [0.05, 0.1) is 34.9 Å². The van der Waals surface area contributed by atoms with E-state index in [0.717, 1.165) is 69.6 Å². The summed E-state index contributed by atoms with van der Waals surface area (Å²) in [4.78, 5) is 16.7. The quantitative estimate of drug-likeness (QED) is 0.324. The van der Waals surface area contributed by atoms with Crippen LogP contribution in [0.2, 0.25) is 0 Å². The van der Waals surface area contributed by atoms with E-state index >= 15 is 0 Å². The van der Waals surface area contributed by atoms with E-state index in [2.05, 4.69) is 72.4 Å². The Labute approximate surface area is 285 Å². The van der Waals surface area contributed by atoms with Gasteiger partial charge >= 0.3 is 0 Å². The van der Waals surface area contributed by atoms with Crippen LogP contribution in [0.5, 0.6) is 17.2 Å². The minimum Gasteiger partial charge on any atom is -0.494 e. The lowest BCUT2D eigenvalue weighted by Gasteiger charge is -2.43. The van der Waals surface area contributed by atoms with Gasteiger partial charge in [0.15, 0.2) is 11.5 Å². The lowest BCUT2D eigenvalue weighted by Crippen LogP contribution is -2.52. The normalized spacial score (nSPS) is 17.8. The number of hydrogen-bond acceptors (Lipinski definition) is 12. The van der Waals surface area contributed by atoms with Crippen LogP contribution in [0.3, 0.4) is 0 Å². The van der Waals surface area contributed by atoms with Crippen LogP contribution < -0.4 is 34.0 Å². The molecule has 0 saturated carbocycles. The van der Waals surface area contributed by atoms with E-state index in [1.54, 1.807) is 25.4 Å². The number of benzene rings is 2. The molecule has 254 valence electrons. The highest BCUT2D eigenvalue weighted by Crippen LogP contribution is 2.42. The number of methoxy groups -OCH3 is 1. The number of piperazine rings is 1. The Morgan fingerprint density at radius 3 is 2.32 bits per heavy atom. The van der Waals surface area contributed by atoms with Crippen LogP contribution in [-0.2, 0) is 10.0 Å². The number of likely N-dealkylation sites (N-methyl/N-ethyl adjacent to an activating group) is 1. The van der Waals surface area contributed by atoms with Crippen LogP contribution in [0.15, 0.2) is 34.9 Å². The van der Waals surface area contributed by atoms with E-state index in [-0.39, 0.29) is 0 Å². The molecule has 0 radical (unpaired) electrons. The van der Waals surface area contributed by atoms with Crippen LogP contribution in [0.1, 0.15) is 18.4 Å². The maximum atomic E-state index is 12.5. The summed E-state index contributed by atoms with van der Waals surface area (Å²) < 4.78 is 44.1. The molecule has 2 saturated heterocycles. The van der Waals surface area contributed by atoms with E-state index in [0.29, 0.717) is 64.1 Å². The average molecular weight is 732 g/mol. The number of ether oxygens (including phenoxy) is 3. The number of rotatable bonds is 9. The highest BCUT2D eigenvalue weighted by molar-refractivity contribution is 9.10. The topological polar surface area (TPSA) is 125 Å². The number of hydrogen-bond donors (Lipinski definition) is 2. The first-order valence-electron chi connectivity index (χ1n) is 15.8. The SMILES string of the molecule is COc1cc(N2CCC(N3CCN(C)CC3)CC2)c(C)cc1Nc1ncc(Br)c(Nc2cc3c(cc2N(C)S(C)(=O)=O)OCCO3)n1. The van der Waals surface area contributed by atoms with E-state index in [9.17, 15) is 8.42 Å². The minimum atomic E-state index is -3.57. The number of sulfonamides is 1. The molecule has 47 heavy (non-hydrogen) atoms. The summed E-state index contributed by atoms with van der Waals surface area (Å²) >= 11 is 3.54. The van der Waals surface area contributed by atoms with Gasteiger partial charge in [0.1, 0.15) is 24.8 Å². The second-order valence-corrected chi connectivity index (χ2v) is 15.1. The molecule has 2 fully saturated rings. The van der Waals surface area contributed by atoms with Crippen LogP contribution >= 0.6 is 15.9 Å². The number of halogens is 1. The van der Waals surface area contributed by atoms with Crippen molar-refractivity contribution in [2.45, 2.75) is 25.8 Å². The third-order valence-electron chi connectivity index (χ3n) is 9.12. The van der Waals surface area contributed by atoms with E-state index in [1.165, 1.54) is 17.0 Å². The predicted octanol–water partition coefficient (Wildman–Crippen LogP) is 4.43. The third-order valence-corrected chi connectivity index (χ3v) is 10.9. The fraction of sp³-hybridized carbons (Fsp3) is 0.500. The third kappa shape index (κ3) is 7.47. The minimum absolute atomic E-state index is 0.338. The summed E-state index contributed by atoms with van der Waals surface area (Å²) in [5.41, 5.74) is 3.90. The molecule has 1 aromatic heterocycles. The van der Waals surface area contributed by atoms with Crippen molar-refractivity contribution >= 4 is 60.5 Å². The number of anilines is 6. The van der Waals surface area contributed by atoms with Crippen molar-refractivity contribution in [1.82, 2.24) is 19.8 Å². The molecular formula is C32H43BrN8O5S. The zero-order valence-corrected chi connectivity index (χ0v) is 29.9. The van der Waals surface area contributed by atoms with Crippen molar-refractivity contribution in [3.8, 4) is 17.2 Å². The fourth-order valence-electron chi connectivity index (χ4n) is 6.32.